The number of rotatable bonds is 5. The first-order valence-electron chi connectivity index (χ1n) is 14.1. The number of cyclic esters (lactones) is 1. The smallest absolute Gasteiger partial charge is 0.347 e. The molecule has 8 atom stereocenters. The summed E-state index contributed by atoms with van der Waals surface area (Å²) in [5.74, 6) is -4.48. The fourth-order valence-electron chi connectivity index (χ4n) is 8.83. The van der Waals surface area contributed by atoms with E-state index in [0.717, 1.165) is 16.7 Å². The van der Waals surface area contributed by atoms with Gasteiger partial charge in [0.15, 0.2) is 0 Å². The second-order valence-corrected chi connectivity index (χ2v) is 13.0. The van der Waals surface area contributed by atoms with E-state index in [0.29, 0.717) is 19.3 Å². The molecule has 0 aromatic carbocycles. The minimum absolute atomic E-state index is 0. The Balaban J connectivity index is 0.00000405. The molecule has 0 radical (unpaired) electrons. The lowest BCUT2D eigenvalue weighted by Gasteiger charge is -2.64. The van der Waals surface area contributed by atoms with E-state index >= 15 is 0 Å². The van der Waals surface area contributed by atoms with Crippen molar-refractivity contribution < 1.29 is 52.8 Å². The number of carbonyl (C=O) groups excluding carboxylic acids is 5. The van der Waals surface area contributed by atoms with Gasteiger partial charge in [-0.1, -0.05) is 33.3 Å². The maximum absolute atomic E-state index is 14.5. The molecule has 4 aliphatic rings. The van der Waals surface area contributed by atoms with Crippen molar-refractivity contribution in [3.63, 3.8) is 0 Å². The van der Waals surface area contributed by atoms with Crippen molar-refractivity contribution in [1.29, 1.82) is 0 Å². The minimum Gasteiger partial charge on any atom is -0.472 e. The van der Waals surface area contributed by atoms with Crippen LogP contribution in [0.25, 0.3) is 0 Å². The zero-order chi connectivity index (χ0) is 30.1. The van der Waals surface area contributed by atoms with Crippen LogP contribution in [0, 0.1) is 34.0 Å². The first-order chi connectivity index (χ1) is 19.2. The quantitative estimate of drug-likeness (QED) is 0.282. The number of allylic oxidation sites excluding steroid dienone is 1. The Hall–Kier alpha value is -3.47. The van der Waals surface area contributed by atoms with E-state index in [1.54, 1.807) is 18.6 Å². The molecule has 0 amide bonds. The van der Waals surface area contributed by atoms with Crippen molar-refractivity contribution in [2.24, 2.45) is 34.0 Å². The molecule has 2 heterocycles. The summed E-state index contributed by atoms with van der Waals surface area (Å²) in [6.07, 6.45) is 1.84. The van der Waals surface area contributed by atoms with Crippen LogP contribution >= 0.6 is 0 Å². The Morgan fingerprint density at radius 1 is 1.07 bits per heavy atom. The highest BCUT2D eigenvalue weighted by atomic mass is 16.6. The van der Waals surface area contributed by atoms with E-state index in [1.807, 2.05) is 20.8 Å². The molecule has 1 aromatic heterocycles. The van der Waals surface area contributed by atoms with Crippen LogP contribution in [0.1, 0.15) is 78.9 Å². The van der Waals surface area contributed by atoms with Gasteiger partial charge in [0.2, 0.25) is 6.10 Å². The lowest BCUT2D eigenvalue weighted by molar-refractivity contribution is -0.217. The molecule has 2 saturated carbocycles. The summed E-state index contributed by atoms with van der Waals surface area (Å²) < 4.78 is 27.8. The molecule has 11 heteroatoms. The Morgan fingerprint density at radius 2 is 1.76 bits per heavy atom. The third-order valence-corrected chi connectivity index (χ3v) is 10.3. The zero-order valence-electron chi connectivity index (χ0n) is 25.1. The summed E-state index contributed by atoms with van der Waals surface area (Å²) in [4.78, 5) is 65.4. The van der Waals surface area contributed by atoms with Gasteiger partial charge in [0.05, 0.1) is 32.0 Å². The van der Waals surface area contributed by atoms with Gasteiger partial charge in [-0.25, -0.2) is 4.79 Å². The van der Waals surface area contributed by atoms with Gasteiger partial charge in [0.1, 0.15) is 18.0 Å². The first-order valence-corrected chi connectivity index (χ1v) is 14.1. The number of ketones is 1. The maximum Gasteiger partial charge on any atom is 0.347 e. The van der Waals surface area contributed by atoms with E-state index < -0.39 is 64.3 Å². The Morgan fingerprint density at radius 3 is 2.33 bits per heavy atom. The Kier molecular flexibility index (Phi) is 7.99. The molecule has 2 bridgehead atoms. The predicted octanol–water partition coefficient (Wildman–Crippen LogP) is 3.44. The average molecular weight is 589 g/mol. The fraction of sp³-hybridized carbons (Fsp3) is 0.645. The lowest BCUT2D eigenvalue weighted by atomic mass is 9.40. The van der Waals surface area contributed by atoms with Crippen molar-refractivity contribution in [3.05, 3.63) is 35.3 Å². The minimum atomic E-state index is -1.41. The zero-order valence-corrected chi connectivity index (χ0v) is 25.1. The molecule has 2 N–H and O–H groups in total. The van der Waals surface area contributed by atoms with E-state index in [2.05, 4.69) is 6.92 Å². The van der Waals surface area contributed by atoms with Crippen LogP contribution in [-0.4, -0.2) is 54.5 Å². The van der Waals surface area contributed by atoms with Crippen LogP contribution in [-0.2, 0) is 42.9 Å². The summed E-state index contributed by atoms with van der Waals surface area (Å²) >= 11 is 0. The van der Waals surface area contributed by atoms with Crippen LogP contribution in [0.3, 0.4) is 0 Å². The van der Waals surface area contributed by atoms with E-state index in [-0.39, 0.29) is 29.6 Å². The molecule has 3 aliphatic carbocycles. The molecule has 5 rings (SSSR count). The third-order valence-electron chi connectivity index (χ3n) is 10.3. The molecule has 230 valence electrons. The number of Topliss-reactive ketones (excluding diaryl/α,β-unsaturated/α-hetero) is 1. The van der Waals surface area contributed by atoms with E-state index in [1.165, 1.54) is 21.0 Å². The fourth-order valence-corrected chi connectivity index (χ4v) is 8.83. The number of carbonyl (C=O) groups is 5. The topological polar surface area (TPSA) is 167 Å². The normalized spacial score (nSPS) is 35.5. The number of hydrogen-bond acceptors (Lipinski definition) is 10. The highest BCUT2D eigenvalue weighted by Crippen LogP contribution is 2.68. The van der Waals surface area contributed by atoms with Crippen LogP contribution in [0.5, 0.6) is 0 Å². The van der Waals surface area contributed by atoms with Gasteiger partial charge in [-0.2, -0.15) is 0 Å². The van der Waals surface area contributed by atoms with E-state index in [4.69, 9.17) is 23.4 Å². The van der Waals surface area contributed by atoms with Crippen LogP contribution < -0.4 is 0 Å². The van der Waals surface area contributed by atoms with Gasteiger partial charge in [-0.3, -0.25) is 19.2 Å². The van der Waals surface area contributed by atoms with Gasteiger partial charge < -0.3 is 28.8 Å². The second-order valence-electron chi connectivity index (χ2n) is 13.0. The van der Waals surface area contributed by atoms with Crippen LogP contribution in [0.2, 0.25) is 0 Å². The van der Waals surface area contributed by atoms with Crippen molar-refractivity contribution in [2.75, 3.05) is 7.11 Å². The molecule has 0 unspecified atom stereocenters. The number of hydrogen-bond donors (Lipinski definition) is 0. The first kappa shape index (κ1) is 31.5. The van der Waals surface area contributed by atoms with Crippen molar-refractivity contribution in [1.82, 2.24) is 0 Å². The lowest BCUT2D eigenvalue weighted by Crippen LogP contribution is -2.69. The van der Waals surface area contributed by atoms with Gasteiger partial charge in [-0.15, -0.1) is 0 Å². The standard InChI is InChI=1S/C31H38O10.H2O/c1-15(32)39-23(28(36)37-7)24-29(3,4)27(40-16(2)33)19-12-18-20(31(24,6)25(19)35)8-10-30(5)21(18)13-22(34)41-26(30)17-9-11-38-14-17;/h9,11,14,19-20,23-24,26-27H,8,10,12-13H2,1-7H3;1H2/t19-,20+,23-,24+,26+,27-,30-,31-;/m1./s1. The highest BCUT2D eigenvalue weighted by molar-refractivity contribution is 5.93. The van der Waals surface area contributed by atoms with Crippen molar-refractivity contribution in [3.8, 4) is 0 Å². The second kappa shape index (κ2) is 10.7. The number of fused-ring (bicyclic) bond motifs is 5. The number of methoxy groups -OCH3 is 1. The van der Waals surface area contributed by atoms with Crippen LogP contribution in [0.15, 0.2) is 34.2 Å². The molecule has 1 aromatic rings. The summed E-state index contributed by atoms with van der Waals surface area (Å²) in [6.45, 7) is 10.1. The van der Waals surface area contributed by atoms with Crippen LogP contribution in [0.4, 0.5) is 0 Å². The molecule has 1 aliphatic heterocycles. The van der Waals surface area contributed by atoms with Gasteiger partial charge >= 0.3 is 23.9 Å². The summed E-state index contributed by atoms with van der Waals surface area (Å²) in [7, 11) is 1.20. The van der Waals surface area contributed by atoms with Gasteiger partial charge in [0, 0.05) is 41.6 Å². The predicted molar refractivity (Wildman–Crippen MR) is 145 cm³/mol. The van der Waals surface area contributed by atoms with Crippen molar-refractivity contribution in [2.45, 2.75) is 85.5 Å². The third kappa shape index (κ3) is 4.47. The maximum atomic E-state index is 14.5. The molecule has 42 heavy (non-hydrogen) atoms. The molecular formula is C31H40O11. The molecule has 1 saturated heterocycles. The van der Waals surface area contributed by atoms with Gasteiger partial charge in [0.25, 0.3) is 0 Å². The monoisotopic (exact) mass is 588 g/mol. The Labute approximate surface area is 244 Å². The number of esters is 4. The van der Waals surface area contributed by atoms with Crippen molar-refractivity contribution >= 4 is 29.7 Å². The highest BCUT2D eigenvalue weighted by Gasteiger charge is 2.71. The number of furan rings is 1. The molecular weight excluding hydrogens is 548 g/mol. The SMILES string of the molecule is COC(=O)[C@H](OC(C)=O)[C@H]1C(C)(C)[C@H](OC(C)=O)[C@@H]2CC3=C4CC(=O)O[C@@H](c5ccoc5)[C@]4(C)CC[C@@H]3[C@@]1(C)C2=O.O. The summed E-state index contributed by atoms with van der Waals surface area (Å²) in [5.41, 5.74) is -0.0634. The van der Waals surface area contributed by atoms with E-state index in [9.17, 15) is 24.0 Å². The summed E-state index contributed by atoms with van der Waals surface area (Å²) in [6, 6.07) is 1.79. The summed E-state index contributed by atoms with van der Waals surface area (Å²) in [5, 5.41) is 0. The molecule has 0 spiro atoms. The van der Waals surface area contributed by atoms with Gasteiger partial charge in [-0.05, 0) is 36.8 Å². The largest absolute Gasteiger partial charge is 0.472 e. The Bertz CT molecular complexity index is 1320. The average Bonchev–Trinajstić information content (AvgIpc) is 3.42. The molecule has 11 nitrogen and oxygen atoms in total. The number of ether oxygens (including phenoxy) is 4. The molecule has 3 fully saturated rings.